The summed E-state index contributed by atoms with van der Waals surface area (Å²) < 4.78 is 5.33. The highest BCUT2D eigenvalue weighted by atomic mass is 16.6. The van der Waals surface area contributed by atoms with E-state index < -0.39 is 0 Å². The zero-order chi connectivity index (χ0) is 11.8. The van der Waals surface area contributed by atoms with Gasteiger partial charge in [-0.1, -0.05) is 25.8 Å². The van der Waals surface area contributed by atoms with E-state index in [1.165, 1.54) is 25.0 Å². The van der Waals surface area contributed by atoms with Crippen LogP contribution in [0.25, 0.3) is 0 Å². The number of amides is 1. The van der Waals surface area contributed by atoms with Crippen LogP contribution in [0.2, 0.25) is 0 Å². The van der Waals surface area contributed by atoms with Crippen molar-refractivity contribution in [3.05, 3.63) is 11.8 Å². The number of nitrogens with zero attached hydrogens (tertiary/aromatic N) is 1. The summed E-state index contributed by atoms with van der Waals surface area (Å²) >= 11 is 0. The Morgan fingerprint density at radius 2 is 2.25 bits per heavy atom. The maximum absolute atomic E-state index is 11.6. The Morgan fingerprint density at radius 3 is 2.94 bits per heavy atom. The Morgan fingerprint density at radius 1 is 1.50 bits per heavy atom. The number of cyclic esters (lactones) is 1. The topological polar surface area (TPSA) is 29.3 Å². The van der Waals surface area contributed by atoms with Gasteiger partial charge in [0.2, 0.25) is 0 Å². The molecule has 0 unspecified atom stereocenters. The van der Waals surface area contributed by atoms with Gasteiger partial charge < -0.3 is 4.74 Å². The first-order valence-corrected chi connectivity index (χ1v) is 6.27. The van der Waals surface area contributed by atoms with Gasteiger partial charge >= 0.3 is 6.09 Å². The number of hydrogen-bond donors (Lipinski definition) is 0. The molecule has 3 heteroatoms. The molecular formula is C13H21NO2. The second-order valence-electron chi connectivity index (χ2n) is 5.34. The molecule has 0 aliphatic carbocycles. The first-order valence-electron chi connectivity index (χ1n) is 6.27. The summed E-state index contributed by atoms with van der Waals surface area (Å²) in [6.45, 7) is 6.16. The molecule has 0 N–H and O–H groups in total. The van der Waals surface area contributed by atoms with E-state index >= 15 is 0 Å². The van der Waals surface area contributed by atoms with Gasteiger partial charge in [-0.2, -0.15) is 0 Å². The minimum atomic E-state index is -0.294. The smallest absolute Gasteiger partial charge is 0.415 e. The van der Waals surface area contributed by atoms with Crippen LogP contribution in [0.15, 0.2) is 11.8 Å². The predicted octanol–water partition coefficient (Wildman–Crippen LogP) is 3.45. The minimum Gasteiger partial charge on any atom is -0.443 e. The SMILES string of the molecule is CCCCC/C=C1/[C@@H]2CC(C)(C)OC(=O)N12. The fourth-order valence-electron chi connectivity index (χ4n) is 2.35. The van der Waals surface area contributed by atoms with Crippen LogP contribution in [-0.4, -0.2) is 22.6 Å². The molecule has 0 aromatic carbocycles. The van der Waals surface area contributed by atoms with Crippen LogP contribution in [0.5, 0.6) is 0 Å². The lowest BCUT2D eigenvalue weighted by atomic mass is 10.0. The van der Waals surface area contributed by atoms with E-state index in [0.717, 1.165) is 12.8 Å². The highest BCUT2D eigenvalue weighted by Gasteiger charge is 2.54. The van der Waals surface area contributed by atoms with Crippen LogP contribution in [0.4, 0.5) is 4.79 Å². The van der Waals surface area contributed by atoms with Gasteiger partial charge in [0.25, 0.3) is 0 Å². The molecule has 0 saturated carbocycles. The van der Waals surface area contributed by atoms with Gasteiger partial charge in [-0.3, -0.25) is 4.90 Å². The predicted molar refractivity (Wildman–Crippen MR) is 63.0 cm³/mol. The Labute approximate surface area is 97.5 Å². The third-order valence-corrected chi connectivity index (χ3v) is 3.27. The van der Waals surface area contributed by atoms with E-state index in [4.69, 9.17) is 4.74 Å². The van der Waals surface area contributed by atoms with Crippen LogP contribution in [0, 0.1) is 0 Å². The summed E-state index contributed by atoms with van der Waals surface area (Å²) in [4.78, 5) is 13.4. The molecule has 1 atom stereocenters. The van der Waals surface area contributed by atoms with Gasteiger partial charge in [0, 0.05) is 12.1 Å². The summed E-state index contributed by atoms with van der Waals surface area (Å²) in [6, 6.07) is 0.331. The quantitative estimate of drug-likeness (QED) is 0.539. The van der Waals surface area contributed by atoms with Crippen molar-refractivity contribution in [1.29, 1.82) is 0 Å². The Balaban J connectivity index is 1.89. The molecule has 3 nitrogen and oxygen atoms in total. The monoisotopic (exact) mass is 223 g/mol. The van der Waals surface area contributed by atoms with E-state index in [1.54, 1.807) is 4.90 Å². The number of carbonyl (C=O) groups is 1. The molecule has 0 bridgehead atoms. The summed E-state index contributed by atoms with van der Waals surface area (Å²) in [5.41, 5.74) is 0.892. The lowest BCUT2D eigenvalue weighted by Gasteiger charge is -2.28. The number of fused-ring (bicyclic) bond motifs is 1. The zero-order valence-electron chi connectivity index (χ0n) is 10.5. The molecule has 2 rings (SSSR count). The van der Waals surface area contributed by atoms with Gasteiger partial charge in [-0.15, -0.1) is 0 Å². The summed E-state index contributed by atoms with van der Waals surface area (Å²) in [6.07, 6.45) is 7.79. The zero-order valence-corrected chi connectivity index (χ0v) is 10.5. The van der Waals surface area contributed by atoms with Crippen LogP contribution < -0.4 is 0 Å². The standard InChI is InChI=1S/C13H21NO2/c1-4-5-6-7-8-10-11-9-13(2,3)16-12(15)14(10)11/h8,11H,4-7,9H2,1-3H3/b10-8-/t11-,14?/m0/s1. The molecule has 2 aliphatic heterocycles. The highest BCUT2D eigenvalue weighted by molar-refractivity contribution is 5.78. The molecule has 2 heterocycles. The number of hydrogen-bond acceptors (Lipinski definition) is 2. The highest BCUT2D eigenvalue weighted by Crippen LogP contribution is 2.45. The normalized spacial score (nSPS) is 28.9. The van der Waals surface area contributed by atoms with Gasteiger partial charge in [-0.25, -0.2) is 4.79 Å². The van der Waals surface area contributed by atoms with Gasteiger partial charge in [0.05, 0.1) is 6.04 Å². The number of ether oxygens (including phenoxy) is 1. The number of allylic oxidation sites excluding steroid dienone is 1. The van der Waals surface area contributed by atoms with Crippen molar-refractivity contribution < 1.29 is 9.53 Å². The van der Waals surface area contributed by atoms with Gasteiger partial charge in [-0.05, 0) is 26.7 Å². The van der Waals surface area contributed by atoms with Crippen molar-refractivity contribution in [2.45, 2.75) is 64.5 Å². The summed E-state index contributed by atoms with van der Waals surface area (Å²) in [5.74, 6) is 0. The van der Waals surface area contributed by atoms with Crippen molar-refractivity contribution in [1.82, 2.24) is 4.90 Å². The molecule has 0 radical (unpaired) electrons. The number of unbranched alkanes of at least 4 members (excludes halogenated alkanes) is 3. The van der Waals surface area contributed by atoms with E-state index in [9.17, 15) is 4.79 Å². The first kappa shape index (κ1) is 11.5. The third kappa shape index (κ3) is 2.23. The van der Waals surface area contributed by atoms with E-state index in [0.29, 0.717) is 6.04 Å². The largest absolute Gasteiger partial charge is 0.443 e. The average Bonchev–Trinajstić information content (AvgIpc) is 2.84. The molecule has 90 valence electrons. The van der Waals surface area contributed by atoms with Crippen LogP contribution in [0.3, 0.4) is 0 Å². The average molecular weight is 223 g/mol. The van der Waals surface area contributed by atoms with E-state index in [-0.39, 0.29) is 11.7 Å². The van der Waals surface area contributed by atoms with Gasteiger partial charge in [0.1, 0.15) is 5.60 Å². The van der Waals surface area contributed by atoms with Crippen LogP contribution >= 0.6 is 0 Å². The Hall–Kier alpha value is -0.990. The second kappa shape index (κ2) is 4.11. The van der Waals surface area contributed by atoms with Crippen molar-refractivity contribution >= 4 is 6.09 Å². The van der Waals surface area contributed by atoms with E-state index in [2.05, 4.69) is 13.0 Å². The lowest BCUT2D eigenvalue weighted by molar-refractivity contribution is 0.00124. The van der Waals surface area contributed by atoms with Crippen LogP contribution in [0.1, 0.15) is 52.9 Å². The molecule has 1 amide bonds. The lowest BCUT2D eigenvalue weighted by Crippen LogP contribution is -2.37. The van der Waals surface area contributed by atoms with E-state index in [1.807, 2.05) is 13.8 Å². The molecule has 0 spiro atoms. The first-order chi connectivity index (χ1) is 7.55. The molecule has 2 fully saturated rings. The van der Waals surface area contributed by atoms with Gasteiger partial charge in [0.15, 0.2) is 0 Å². The number of carbonyl (C=O) groups excluding carboxylic acids is 1. The molecular weight excluding hydrogens is 202 g/mol. The summed E-state index contributed by atoms with van der Waals surface area (Å²) in [5, 5.41) is 0. The molecule has 16 heavy (non-hydrogen) atoms. The number of rotatable bonds is 4. The fraction of sp³-hybridized carbons (Fsp3) is 0.769. The second-order valence-corrected chi connectivity index (χ2v) is 5.34. The fourth-order valence-corrected chi connectivity index (χ4v) is 2.35. The van der Waals surface area contributed by atoms with Crippen molar-refractivity contribution in [2.24, 2.45) is 0 Å². The summed E-state index contributed by atoms with van der Waals surface area (Å²) in [7, 11) is 0. The Kier molecular flexibility index (Phi) is 2.96. The van der Waals surface area contributed by atoms with Crippen LogP contribution in [-0.2, 0) is 4.74 Å². The maximum atomic E-state index is 11.6. The molecule has 2 aliphatic rings. The minimum absolute atomic E-state index is 0.164. The molecule has 2 saturated heterocycles. The van der Waals surface area contributed by atoms with Crippen molar-refractivity contribution in [2.75, 3.05) is 0 Å². The Bertz CT molecular complexity index is 320. The van der Waals surface area contributed by atoms with Crippen molar-refractivity contribution in [3.63, 3.8) is 0 Å². The molecule has 0 aromatic rings. The third-order valence-electron chi connectivity index (χ3n) is 3.27. The maximum Gasteiger partial charge on any atom is 0.415 e. The molecule has 0 aromatic heterocycles. The van der Waals surface area contributed by atoms with Crippen molar-refractivity contribution in [3.8, 4) is 0 Å².